The number of amides is 1. The highest BCUT2D eigenvalue weighted by molar-refractivity contribution is 7.91. The zero-order valence-corrected chi connectivity index (χ0v) is 25.7. The highest BCUT2D eigenvalue weighted by atomic mass is 35.5. The van der Waals surface area contributed by atoms with Gasteiger partial charge in [-0.15, -0.1) is 34.0 Å². The van der Waals surface area contributed by atoms with E-state index < -0.39 is 15.9 Å². The van der Waals surface area contributed by atoms with Crippen LogP contribution in [0.5, 0.6) is 0 Å². The van der Waals surface area contributed by atoms with Crippen molar-refractivity contribution in [3.63, 3.8) is 0 Å². The van der Waals surface area contributed by atoms with E-state index >= 15 is 0 Å². The van der Waals surface area contributed by atoms with Crippen molar-refractivity contribution in [2.24, 2.45) is 5.92 Å². The van der Waals surface area contributed by atoms with Gasteiger partial charge in [0, 0.05) is 42.7 Å². The molecule has 6 rings (SSSR count). The van der Waals surface area contributed by atoms with Gasteiger partial charge in [0.1, 0.15) is 14.2 Å². The molecule has 3 aromatic heterocycles. The maximum absolute atomic E-state index is 13.6. The lowest BCUT2D eigenvalue weighted by Crippen LogP contribution is -2.43. The predicted octanol–water partition coefficient (Wildman–Crippen LogP) is 6.55. The molecule has 1 fully saturated rings. The second-order valence-electron chi connectivity index (χ2n) is 10.3. The van der Waals surface area contributed by atoms with Crippen molar-refractivity contribution in [1.29, 1.82) is 0 Å². The molecule has 5 heterocycles. The summed E-state index contributed by atoms with van der Waals surface area (Å²) in [6, 6.07) is 11.7. The summed E-state index contributed by atoms with van der Waals surface area (Å²) < 4.78 is 29.6. The Morgan fingerprint density at radius 3 is 2.69 bits per heavy atom. The number of benzene rings is 1. The van der Waals surface area contributed by atoms with Crippen molar-refractivity contribution in [1.82, 2.24) is 14.2 Å². The molecule has 4 aromatic rings. The topological polar surface area (TPSA) is 82.6 Å². The van der Waals surface area contributed by atoms with Gasteiger partial charge in [-0.3, -0.25) is 9.69 Å². The SMILES string of the molecule is CC(C)N1CCc2c(sc(NC(=O)C3CCCN(S(=O)(=O)c4ccc(Cl)s4)C3)c2-c2nc3ccccc3s2)C1. The first kappa shape index (κ1) is 27.3. The third kappa shape index (κ3) is 5.30. The lowest BCUT2D eigenvalue weighted by molar-refractivity contribution is -0.120. The van der Waals surface area contributed by atoms with Crippen molar-refractivity contribution in [3.8, 4) is 10.6 Å². The van der Waals surface area contributed by atoms with Crippen LogP contribution in [0.1, 0.15) is 37.1 Å². The lowest BCUT2D eigenvalue weighted by Gasteiger charge is -2.30. The van der Waals surface area contributed by atoms with Crippen LogP contribution in [0.4, 0.5) is 5.00 Å². The first-order chi connectivity index (χ1) is 18.7. The summed E-state index contributed by atoms with van der Waals surface area (Å²) in [6.45, 7) is 6.80. The standard InChI is InChI=1S/C27H29ClN4O3S4/c1-16(2)31-13-11-18-21(15-31)37-27(24(18)26-29-19-7-3-4-8-20(19)36-26)30-25(33)17-6-5-12-32(14-17)39(34,35)23-10-9-22(28)38-23/h3-4,7-10,16-17H,5-6,11-15H2,1-2H3,(H,30,33). The molecule has 2 aliphatic heterocycles. The van der Waals surface area contributed by atoms with E-state index in [0.29, 0.717) is 29.8 Å². The van der Waals surface area contributed by atoms with Gasteiger partial charge in [-0.05, 0) is 62.9 Å². The lowest BCUT2D eigenvalue weighted by atomic mass is 9.98. The zero-order valence-electron chi connectivity index (χ0n) is 21.6. The van der Waals surface area contributed by atoms with Crippen LogP contribution >= 0.6 is 45.6 Å². The van der Waals surface area contributed by atoms with Crippen LogP contribution in [0.3, 0.4) is 0 Å². The fraction of sp³-hybridized carbons (Fsp3) is 0.407. The summed E-state index contributed by atoms with van der Waals surface area (Å²) >= 11 is 10.3. The molecule has 7 nitrogen and oxygen atoms in total. The van der Waals surface area contributed by atoms with Crippen LogP contribution in [-0.2, 0) is 27.8 Å². The molecule has 1 N–H and O–H groups in total. The van der Waals surface area contributed by atoms with Gasteiger partial charge in [0.2, 0.25) is 5.91 Å². The first-order valence-corrected chi connectivity index (χ1v) is 17.3. The Hall–Kier alpha value is -1.86. The van der Waals surface area contributed by atoms with E-state index in [0.717, 1.165) is 56.6 Å². The Morgan fingerprint density at radius 1 is 1.13 bits per heavy atom. The number of para-hydroxylation sites is 1. The van der Waals surface area contributed by atoms with E-state index in [-0.39, 0.29) is 16.7 Å². The molecule has 2 aliphatic rings. The fourth-order valence-corrected chi connectivity index (χ4v) is 10.9. The summed E-state index contributed by atoms with van der Waals surface area (Å²) in [4.78, 5) is 22.3. The van der Waals surface area contributed by atoms with Crippen LogP contribution in [0.2, 0.25) is 4.34 Å². The molecule has 206 valence electrons. The van der Waals surface area contributed by atoms with Crippen LogP contribution in [0.25, 0.3) is 20.8 Å². The number of halogens is 1. The van der Waals surface area contributed by atoms with Crippen molar-refractivity contribution in [2.75, 3.05) is 25.0 Å². The van der Waals surface area contributed by atoms with Crippen LogP contribution in [0.15, 0.2) is 40.6 Å². The molecule has 39 heavy (non-hydrogen) atoms. The largest absolute Gasteiger partial charge is 0.317 e. The maximum Gasteiger partial charge on any atom is 0.252 e. The van der Waals surface area contributed by atoms with Crippen molar-refractivity contribution in [3.05, 3.63) is 51.2 Å². The number of hydrogen-bond acceptors (Lipinski definition) is 8. The van der Waals surface area contributed by atoms with E-state index in [2.05, 4.69) is 30.1 Å². The van der Waals surface area contributed by atoms with Gasteiger partial charge in [0.15, 0.2) is 0 Å². The maximum atomic E-state index is 13.6. The highest BCUT2D eigenvalue weighted by Gasteiger charge is 2.35. The molecular formula is C27H29ClN4O3S4. The average molecular weight is 621 g/mol. The van der Waals surface area contributed by atoms with Crippen molar-refractivity contribution >= 4 is 76.8 Å². The highest BCUT2D eigenvalue weighted by Crippen LogP contribution is 2.46. The predicted molar refractivity (Wildman–Crippen MR) is 162 cm³/mol. The summed E-state index contributed by atoms with van der Waals surface area (Å²) in [5, 5.41) is 4.97. The Balaban J connectivity index is 1.30. The van der Waals surface area contributed by atoms with Crippen molar-refractivity contribution < 1.29 is 13.2 Å². The van der Waals surface area contributed by atoms with E-state index in [9.17, 15) is 13.2 Å². The van der Waals surface area contributed by atoms with Gasteiger partial charge in [-0.2, -0.15) is 4.31 Å². The Labute approximate surface area is 245 Å². The number of nitrogens with one attached hydrogen (secondary N) is 1. The summed E-state index contributed by atoms with van der Waals surface area (Å²) in [7, 11) is -3.69. The van der Waals surface area contributed by atoms with Gasteiger partial charge >= 0.3 is 0 Å². The number of aromatic nitrogens is 1. The molecule has 1 amide bonds. The molecule has 0 spiro atoms. The molecule has 12 heteroatoms. The van der Waals surface area contributed by atoms with Gasteiger partial charge in [0.25, 0.3) is 10.0 Å². The second-order valence-corrected chi connectivity index (χ2v) is 16.3. The second kappa shape index (κ2) is 10.8. The number of carbonyl (C=O) groups is 1. The average Bonchev–Trinajstić information content (AvgIpc) is 3.64. The Morgan fingerprint density at radius 2 is 1.95 bits per heavy atom. The van der Waals surface area contributed by atoms with E-state index in [1.54, 1.807) is 28.7 Å². The van der Waals surface area contributed by atoms with Gasteiger partial charge in [0.05, 0.1) is 20.5 Å². The number of carbonyl (C=O) groups excluding carboxylic acids is 1. The molecule has 1 saturated heterocycles. The number of thiazole rings is 1. The van der Waals surface area contributed by atoms with Crippen LogP contribution in [-0.4, -0.2) is 54.2 Å². The number of nitrogens with zero attached hydrogens (tertiary/aromatic N) is 3. The molecular weight excluding hydrogens is 592 g/mol. The van der Waals surface area contributed by atoms with Crippen LogP contribution < -0.4 is 5.32 Å². The minimum Gasteiger partial charge on any atom is -0.317 e. The Bertz CT molecular complexity index is 1610. The number of thiophene rings is 2. The number of sulfonamides is 1. The van der Waals surface area contributed by atoms with E-state index in [1.807, 2.05) is 18.2 Å². The molecule has 1 atom stereocenters. The third-order valence-corrected chi connectivity index (χ3v) is 13.2. The smallest absolute Gasteiger partial charge is 0.252 e. The monoisotopic (exact) mass is 620 g/mol. The van der Waals surface area contributed by atoms with E-state index in [1.165, 1.54) is 20.8 Å². The van der Waals surface area contributed by atoms with E-state index in [4.69, 9.17) is 16.6 Å². The molecule has 0 bridgehead atoms. The number of fused-ring (bicyclic) bond motifs is 2. The number of anilines is 1. The van der Waals surface area contributed by atoms with Crippen molar-refractivity contribution in [2.45, 2.75) is 49.9 Å². The molecule has 0 aliphatic carbocycles. The number of hydrogen-bond donors (Lipinski definition) is 1. The number of rotatable bonds is 6. The van der Waals surface area contributed by atoms with Gasteiger partial charge < -0.3 is 5.32 Å². The Kier molecular flexibility index (Phi) is 7.60. The fourth-order valence-electron chi connectivity index (χ4n) is 5.31. The van der Waals surface area contributed by atoms with Gasteiger partial charge in [-0.1, -0.05) is 23.7 Å². The zero-order chi connectivity index (χ0) is 27.3. The van der Waals surface area contributed by atoms with Gasteiger partial charge in [-0.25, -0.2) is 13.4 Å². The quantitative estimate of drug-likeness (QED) is 0.264. The minimum atomic E-state index is -3.69. The van der Waals surface area contributed by atoms with Crippen LogP contribution in [0, 0.1) is 5.92 Å². The molecule has 1 unspecified atom stereocenters. The first-order valence-electron chi connectivity index (χ1n) is 13.0. The molecule has 1 aromatic carbocycles. The third-order valence-electron chi connectivity index (χ3n) is 7.46. The number of piperidine rings is 1. The summed E-state index contributed by atoms with van der Waals surface area (Å²) in [5.74, 6) is -0.570. The summed E-state index contributed by atoms with van der Waals surface area (Å²) in [5.41, 5.74) is 3.26. The normalized spacial score (nSPS) is 19.0. The molecule has 0 saturated carbocycles. The molecule has 0 radical (unpaired) electrons. The minimum absolute atomic E-state index is 0.138. The summed E-state index contributed by atoms with van der Waals surface area (Å²) in [6.07, 6.45) is 2.18.